The first-order valence-electron chi connectivity index (χ1n) is 9.27. The molecule has 1 saturated heterocycles. The van der Waals surface area contributed by atoms with Crippen LogP contribution in [0, 0.1) is 0 Å². The van der Waals surface area contributed by atoms with E-state index >= 15 is 0 Å². The molecule has 3 aromatic rings. The largest absolute Gasteiger partial charge is 0.379 e. The van der Waals surface area contributed by atoms with Gasteiger partial charge in [0.15, 0.2) is 0 Å². The third-order valence-electron chi connectivity index (χ3n) is 4.84. The highest BCUT2D eigenvalue weighted by Gasteiger charge is 2.27. The van der Waals surface area contributed by atoms with Crippen molar-refractivity contribution in [2.75, 3.05) is 31.6 Å². The van der Waals surface area contributed by atoms with E-state index in [1.54, 1.807) is 6.07 Å². The Morgan fingerprint density at radius 3 is 2.48 bits per heavy atom. The van der Waals surface area contributed by atoms with Crippen molar-refractivity contribution in [1.29, 1.82) is 0 Å². The Balaban J connectivity index is 1.75. The van der Waals surface area contributed by atoms with Crippen LogP contribution in [-0.4, -0.2) is 49.9 Å². The van der Waals surface area contributed by atoms with E-state index in [1.165, 1.54) is 34.6 Å². The summed E-state index contributed by atoms with van der Waals surface area (Å²) in [5, 5.41) is 3.54. The number of carbonyl (C=O) groups excluding carboxylic acids is 1. The van der Waals surface area contributed by atoms with E-state index in [2.05, 4.69) is 10.3 Å². The molecule has 1 amide bonds. The Hall–Kier alpha value is -2.43. The number of aromatic amines is 1. The summed E-state index contributed by atoms with van der Waals surface area (Å²) in [7, 11) is -3.78. The number of benzene rings is 2. The Morgan fingerprint density at radius 2 is 1.77 bits per heavy atom. The van der Waals surface area contributed by atoms with Gasteiger partial charge in [-0.2, -0.15) is 4.31 Å². The number of ether oxygens (including phenoxy) is 1. The second-order valence-electron chi connectivity index (χ2n) is 6.85. The fourth-order valence-corrected chi connectivity index (χ4v) is 5.02. The number of hydrogen-bond donors (Lipinski definition) is 2. The number of fused-ring (bicyclic) bond motifs is 1. The average Bonchev–Trinajstić information content (AvgIpc) is 2.76. The lowest BCUT2D eigenvalue weighted by molar-refractivity contribution is 0.0730. The summed E-state index contributed by atoms with van der Waals surface area (Å²) in [6.45, 7) is 1.13. The SMILES string of the molecule is O=C(Nc1ccc(Cl)c(Cl)c1)c1cc(=O)[nH]c2ccc(S(=O)(=O)N3CCOCC3)cc12. The Bertz CT molecular complexity index is 1330. The van der Waals surface area contributed by atoms with Gasteiger partial charge in [0, 0.05) is 35.7 Å². The second kappa shape index (κ2) is 8.60. The van der Waals surface area contributed by atoms with Crippen LogP contribution in [0.15, 0.2) is 52.2 Å². The molecule has 2 N–H and O–H groups in total. The zero-order valence-electron chi connectivity index (χ0n) is 16.0. The van der Waals surface area contributed by atoms with Gasteiger partial charge in [0.2, 0.25) is 15.6 Å². The maximum absolute atomic E-state index is 13.0. The number of carbonyl (C=O) groups is 1. The van der Waals surface area contributed by atoms with E-state index in [1.807, 2.05) is 0 Å². The molecule has 1 aliphatic heterocycles. The van der Waals surface area contributed by atoms with Crippen molar-refractivity contribution in [3.8, 4) is 0 Å². The summed E-state index contributed by atoms with van der Waals surface area (Å²) in [6, 6.07) is 9.97. The molecule has 0 spiro atoms. The number of amides is 1. The molecular formula is C20H17Cl2N3O5S. The summed E-state index contributed by atoms with van der Waals surface area (Å²) in [6.07, 6.45) is 0. The third kappa shape index (κ3) is 4.46. The zero-order chi connectivity index (χ0) is 22.2. The number of nitrogens with one attached hydrogen (secondary N) is 2. The van der Waals surface area contributed by atoms with Crippen molar-refractivity contribution in [1.82, 2.24) is 9.29 Å². The molecule has 162 valence electrons. The summed E-state index contributed by atoms with van der Waals surface area (Å²) in [4.78, 5) is 27.6. The molecule has 2 aromatic carbocycles. The molecule has 0 atom stereocenters. The van der Waals surface area contributed by atoms with Gasteiger partial charge in [0.05, 0.1) is 33.7 Å². The maximum Gasteiger partial charge on any atom is 0.256 e. The minimum absolute atomic E-state index is 0.0255. The maximum atomic E-state index is 13.0. The number of H-pyrrole nitrogens is 1. The lowest BCUT2D eigenvalue weighted by Crippen LogP contribution is -2.40. The molecule has 0 radical (unpaired) electrons. The normalized spacial score (nSPS) is 15.2. The molecule has 31 heavy (non-hydrogen) atoms. The second-order valence-corrected chi connectivity index (χ2v) is 9.61. The minimum Gasteiger partial charge on any atom is -0.379 e. The number of nitrogens with zero attached hydrogens (tertiary/aromatic N) is 1. The Kier molecular flexibility index (Phi) is 6.05. The predicted molar refractivity (Wildman–Crippen MR) is 119 cm³/mol. The molecule has 11 heteroatoms. The van der Waals surface area contributed by atoms with Gasteiger partial charge in [-0.1, -0.05) is 23.2 Å². The van der Waals surface area contributed by atoms with E-state index in [9.17, 15) is 18.0 Å². The van der Waals surface area contributed by atoms with E-state index in [4.69, 9.17) is 27.9 Å². The van der Waals surface area contributed by atoms with Crippen LogP contribution in [-0.2, 0) is 14.8 Å². The number of halogens is 2. The highest BCUT2D eigenvalue weighted by Crippen LogP contribution is 2.27. The number of sulfonamides is 1. The fraction of sp³-hybridized carbons (Fsp3) is 0.200. The fourth-order valence-electron chi connectivity index (χ4n) is 3.29. The standard InChI is InChI=1S/C20H17Cl2N3O5S/c21-16-3-1-12(9-17(16)22)23-20(27)15-11-19(26)24-18-4-2-13(10-14(15)18)31(28,29)25-5-7-30-8-6-25/h1-4,9-11H,5-8H2,(H,23,27)(H,24,26). The van der Waals surface area contributed by atoms with Crippen LogP contribution in [0.5, 0.6) is 0 Å². The van der Waals surface area contributed by atoms with Crippen molar-refractivity contribution in [2.45, 2.75) is 4.90 Å². The van der Waals surface area contributed by atoms with Crippen LogP contribution in [0.4, 0.5) is 5.69 Å². The van der Waals surface area contributed by atoms with Crippen molar-refractivity contribution in [3.05, 3.63) is 68.4 Å². The van der Waals surface area contributed by atoms with Crippen LogP contribution in [0.25, 0.3) is 10.9 Å². The molecule has 0 saturated carbocycles. The lowest BCUT2D eigenvalue weighted by atomic mass is 10.1. The van der Waals surface area contributed by atoms with E-state index in [0.717, 1.165) is 6.07 Å². The topological polar surface area (TPSA) is 109 Å². The summed E-state index contributed by atoms with van der Waals surface area (Å²) >= 11 is 11.9. The average molecular weight is 482 g/mol. The smallest absolute Gasteiger partial charge is 0.256 e. The monoisotopic (exact) mass is 481 g/mol. The first-order valence-corrected chi connectivity index (χ1v) is 11.5. The molecule has 0 aliphatic carbocycles. The van der Waals surface area contributed by atoms with Gasteiger partial charge < -0.3 is 15.0 Å². The van der Waals surface area contributed by atoms with E-state index < -0.39 is 21.5 Å². The van der Waals surface area contributed by atoms with Gasteiger partial charge in [-0.3, -0.25) is 9.59 Å². The van der Waals surface area contributed by atoms with Gasteiger partial charge in [0.25, 0.3) is 5.91 Å². The molecular weight excluding hydrogens is 465 g/mol. The van der Waals surface area contributed by atoms with Crippen LogP contribution in [0.2, 0.25) is 10.0 Å². The molecule has 0 bridgehead atoms. The molecule has 1 fully saturated rings. The van der Waals surface area contributed by atoms with Gasteiger partial charge in [-0.25, -0.2) is 8.42 Å². The van der Waals surface area contributed by atoms with Crippen molar-refractivity contribution in [2.24, 2.45) is 0 Å². The van der Waals surface area contributed by atoms with Gasteiger partial charge in [-0.05, 0) is 36.4 Å². The molecule has 1 aliphatic rings. The Labute approximate surface area is 187 Å². The first kappa shape index (κ1) is 21.8. The lowest BCUT2D eigenvalue weighted by Gasteiger charge is -2.26. The van der Waals surface area contributed by atoms with Crippen molar-refractivity contribution in [3.63, 3.8) is 0 Å². The van der Waals surface area contributed by atoms with Crippen molar-refractivity contribution >= 4 is 55.7 Å². The van der Waals surface area contributed by atoms with Crippen LogP contribution >= 0.6 is 23.2 Å². The number of anilines is 1. The molecule has 8 nitrogen and oxygen atoms in total. The zero-order valence-corrected chi connectivity index (χ0v) is 18.4. The highest BCUT2D eigenvalue weighted by molar-refractivity contribution is 7.89. The summed E-state index contributed by atoms with van der Waals surface area (Å²) < 4.78 is 32.6. The molecule has 4 rings (SSSR count). The van der Waals surface area contributed by atoms with E-state index in [-0.39, 0.29) is 28.6 Å². The molecule has 2 heterocycles. The number of pyridine rings is 1. The first-order chi connectivity index (χ1) is 14.8. The summed E-state index contributed by atoms with van der Waals surface area (Å²) in [5.41, 5.74) is 0.261. The highest BCUT2D eigenvalue weighted by atomic mass is 35.5. The van der Waals surface area contributed by atoms with Gasteiger partial charge >= 0.3 is 0 Å². The number of morpholine rings is 1. The van der Waals surface area contributed by atoms with Crippen molar-refractivity contribution < 1.29 is 17.9 Å². The molecule has 1 aromatic heterocycles. The van der Waals surface area contributed by atoms with Gasteiger partial charge in [0.1, 0.15) is 0 Å². The third-order valence-corrected chi connectivity index (χ3v) is 7.48. The number of rotatable bonds is 4. The quantitative estimate of drug-likeness (QED) is 0.594. The van der Waals surface area contributed by atoms with Crippen LogP contribution < -0.4 is 10.9 Å². The van der Waals surface area contributed by atoms with Gasteiger partial charge in [-0.15, -0.1) is 0 Å². The Morgan fingerprint density at radius 1 is 1.03 bits per heavy atom. The molecule has 0 unspecified atom stereocenters. The minimum atomic E-state index is -3.78. The number of hydrogen-bond acceptors (Lipinski definition) is 5. The summed E-state index contributed by atoms with van der Waals surface area (Å²) in [5.74, 6) is -0.588. The van der Waals surface area contributed by atoms with E-state index in [0.29, 0.717) is 34.8 Å². The van der Waals surface area contributed by atoms with Crippen LogP contribution in [0.1, 0.15) is 10.4 Å². The number of aromatic nitrogens is 1. The predicted octanol–water partition coefficient (Wildman–Crippen LogP) is 3.11. The van der Waals surface area contributed by atoms with Crippen LogP contribution in [0.3, 0.4) is 0 Å².